The fraction of sp³-hybridized carbons (Fsp3) is 0.350. The molecule has 0 unspecified atom stereocenters. The maximum absolute atomic E-state index is 12.5. The van der Waals surface area contributed by atoms with Crippen molar-refractivity contribution in [1.29, 1.82) is 0 Å². The van der Waals surface area contributed by atoms with Gasteiger partial charge < -0.3 is 19.5 Å². The molecule has 0 saturated heterocycles. The standard InChI is InChI=1S/C20H24ClNO4/c1-5-25-18-10-7-14(12-19(18)26-6-2)13(3)22-20(23)15-8-9-17(24-4)16(21)11-15/h7-13H,5-6H2,1-4H3,(H,22,23)/t13-/m1/s1. The van der Waals surface area contributed by atoms with E-state index in [1.165, 1.54) is 7.11 Å². The highest BCUT2D eigenvalue weighted by atomic mass is 35.5. The molecule has 2 aromatic rings. The Morgan fingerprint density at radius 1 is 1.04 bits per heavy atom. The average Bonchev–Trinajstić information content (AvgIpc) is 2.63. The number of benzene rings is 2. The molecular weight excluding hydrogens is 354 g/mol. The Bertz CT molecular complexity index is 763. The second kappa shape index (κ2) is 9.34. The van der Waals surface area contributed by atoms with Gasteiger partial charge in [0, 0.05) is 5.56 Å². The summed E-state index contributed by atoms with van der Waals surface area (Å²) >= 11 is 6.09. The van der Waals surface area contributed by atoms with Crippen LogP contribution in [0.15, 0.2) is 36.4 Å². The minimum absolute atomic E-state index is 0.210. The molecule has 0 heterocycles. The Morgan fingerprint density at radius 2 is 1.69 bits per heavy atom. The van der Waals surface area contributed by atoms with Gasteiger partial charge in [0.15, 0.2) is 11.5 Å². The molecule has 0 saturated carbocycles. The maximum Gasteiger partial charge on any atom is 0.251 e. The summed E-state index contributed by atoms with van der Waals surface area (Å²) in [5.74, 6) is 1.68. The van der Waals surface area contributed by atoms with E-state index in [-0.39, 0.29) is 11.9 Å². The van der Waals surface area contributed by atoms with E-state index in [4.69, 9.17) is 25.8 Å². The minimum atomic E-state index is -0.214. The van der Waals surface area contributed by atoms with Crippen molar-refractivity contribution in [3.05, 3.63) is 52.5 Å². The van der Waals surface area contributed by atoms with Crippen molar-refractivity contribution in [2.75, 3.05) is 20.3 Å². The van der Waals surface area contributed by atoms with Gasteiger partial charge in [-0.1, -0.05) is 17.7 Å². The highest BCUT2D eigenvalue weighted by Gasteiger charge is 2.15. The van der Waals surface area contributed by atoms with Crippen molar-refractivity contribution in [2.24, 2.45) is 0 Å². The zero-order valence-corrected chi connectivity index (χ0v) is 16.2. The van der Waals surface area contributed by atoms with E-state index in [1.807, 2.05) is 39.0 Å². The summed E-state index contributed by atoms with van der Waals surface area (Å²) in [4.78, 5) is 12.5. The van der Waals surface area contributed by atoms with Gasteiger partial charge in [0.25, 0.3) is 5.91 Å². The summed E-state index contributed by atoms with van der Waals surface area (Å²) in [6.45, 7) is 6.85. The number of halogens is 1. The second-order valence-electron chi connectivity index (χ2n) is 5.62. The van der Waals surface area contributed by atoms with Crippen molar-refractivity contribution in [2.45, 2.75) is 26.8 Å². The molecule has 1 atom stereocenters. The summed E-state index contributed by atoms with van der Waals surface area (Å²) < 4.78 is 16.3. The first kappa shape index (κ1) is 19.9. The van der Waals surface area contributed by atoms with Crippen LogP contribution >= 0.6 is 11.6 Å². The van der Waals surface area contributed by atoms with Gasteiger partial charge in [0.1, 0.15) is 5.75 Å². The van der Waals surface area contributed by atoms with Gasteiger partial charge in [0.2, 0.25) is 0 Å². The quantitative estimate of drug-likeness (QED) is 0.728. The highest BCUT2D eigenvalue weighted by molar-refractivity contribution is 6.32. The third-order valence-electron chi connectivity index (χ3n) is 3.83. The van der Waals surface area contributed by atoms with Crippen molar-refractivity contribution >= 4 is 17.5 Å². The lowest BCUT2D eigenvalue weighted by Gasteiger charge is -2.18. The number of rotatable bonds is 8. The fourth-order valence-corrected chi connectivity index (χ4v) is 2.77. The number of ether oxygens (including phenoxy) is 3. The predicted molar refractivity (Wildman–Crippen MR) is 103 cm³/mol. The van der Waals surface area contributed by atoms with E-state index < -0.39 is 0 Å². The molecule has 140 valence electrons. The molecule has 2 aromatic carbocycles. The van der Waals surface area contributed by atoms with Crippen molar-refractivity contribution in [3.63, 3.8) is 0 Å². The van der Waals surface area contributed by atoms with Gasteiger partial charge in [-0.2, -0.15) is 0 Å². The van der Waals surface area contributed by atoms with Gasteiger partial charge in [-0.3, -0.25) is 4.79 Å². The van der Waals surface area contributed by atoms with Crippen molar-refractivity contribution in [1.82, 2.24) is 5.32 Å². The smallest absolute Gasteiger partial charge is 0.251 e. The summed E-state index contributed by atoms with van der Waals surface area (Å²) in [5.41, 5.74) is 1.39. The van der Waals surface area contributed by atoms with Crippen molar-refractivity contribution < 1.29 is 19.0 Å². The molecule has 26 heavy (non-hydrogen) atoms. The Morgan fingerprint density at radius 3 is 2.31 bits per heavy atom. The first-order valence-corrected chi connectivity index (χ1v) is 8.91. The van der Waals surface area contributed by atoms with E-state index in [2.05, 4.69) is 5.32 Å². The molecule has 0 spiro atoms. The Hall–Kier alpha value is -2.40. The lowest BCUT2D eigenvalue weighted by molar-refractivity contribution is 0.0939. The zero-order chi connectivity index (χ0) is 19.1. The van der Waals surface area contributed by atoms with Crippen LogP contribution in [0.3, 0.4) is 0 Å². The Labute approximate surface area is 159 Å². The van der Waals surface area contributed by atoms with Crippen LogP contribution in [-0.2, 0) is 0 Å². The van der Waals surface area contributed by atoms with Crippen LogP contribution in [-0.4, -0.2) is 26.2 Å². The molecule has 0 aliphatic rings. The van der Waals surface area contributed by atoms with Gasteiger partial charge >= 0.3 is 0 Å². The fourth-order valence-electron chi connectivity index (χ4n) is 2.51. The number of amides is 1. The lowest BCUT2D eigenvalue weighted by Crippen LogP contribution is -2.26. The Balaban J connectivity index is 2.15. The molecule has 6 heteroatoms. The topological polar surface area (TPSA) is 56.8 Å². The molecule has 2 rings (SSSR count). The van der Waals surface area contributed by atoms with E-state index in [1.54, 1.807) is 18.2 Å². The van der Waals surface area contributed by atoms with E-state index >= 15 is 0 Å². The van der Waals surface area contributed by atoms with E-state index in [0.29, 0.717) is 41.0 Å². The van der Waals surface area contributed by atoms with Crippen LogP contribution < -0.4 is 19.5 Å². The van der Waals surface area contributed by atoms with Crippen LogP contribution in [0.5, 0.6) is 17.2 Å². The van der Waals surface area contributed by atoms with Gasteiger partial charge in [-0.05, 0) is 56.7 Å². The van der Waals surface area contributed by atoms with Gasteiger partial charge in [-0.25, -0.2) is 0 Å². The SMILES string of the molecule is CCOc1ccc([C@@H](C)NC(=O)c2ccc(OC)c(Cl)c2)cc1OCC. The van der Waals surface area contributed by atoms with Crippen molar-refractivity contribution in [3.8, 4) is 17.2 Å². The van der Waals surface area contributed by atoms with E-state index in [9.17, 15) is 4.79 Å². The number of carbonyl (C=O) groups excluding carboxylic acids is 1. The third-order valence-corrected chi connectivity index (χ3v) is 4.12. The first-order chi connectivity index (χ1) is 12.5. The molecule has 0 aliphatic carbocycles. The maximum atomic E-state index is 12.5. The highest BCUT2D eigenvalue weighted by Crippen LogP contribution is 2.31. The van der Waals surface area contributed by atoms with Gasteiger partial charge in [-0.15, -0.1) is 0 Å². The molecule has 0 bridgehead atoms. The molecule has 0 radical (unpaired) electrons. The normalized spacial score (nSPS) is 11.6. The van der Waals surface area contributed by atoms with Crippen LogP contribution in [0.1, 0.15) is 42.7 Å². The molecule has 0 fully saturated rings. The third kappa shape index (κ3) is 4.82. The first-order valence-electron chi connectivity index (χ1n) is 8.54. The summed E-state index contributed by atoms with van der Waals surface area (Å²) in [6, 6.07) is 10.4. The largest absolute Gasteiger partial charge is 0.495 e. The summed E-state index contributed by atoms with van der Waals surface area (Å²) in [6.07, 6.45) is 0. The zero-order valence-electron chi connectivity index (χ0n) is 15.5. The number of carbonyl (C=O) groups is 1. The van der Waals surface area contributed by atoms with Crippen LogP contribution in [0, 0.1) is 0 Å². The lowest BCUT2D eigenvalue weighted by atomic mass is 10.1. The summed E-state index contributed by atoms with van der Waals surface area (Å²) in [7, 11) is 1.53. The second-order valence-corrected chi connectivity index (χ2v) is 6.02. The Kier molecular flexibility index (Phi) is 7.16. The molecule has 0 aromatic heterocycles. The number of methoxy groups -OCH3 is 1. The van der Waals surface area contributed by atoms with Crippen LogP contribution in [0.2, 0.25) is 5.02 Å². The average molecular weight is 378 g/mol. The molecule has 1 amide bonds. The molecular formula is C20H24ClNO4. The number of hydrogen-bond donors (Lipinski definition) is 1. The van der Waals surface area contributed by atoms with Gasteiger partial charge in [0.05, 0.1) is 31.4 Å². The molecule has 0 aliphatic heterocycles. The monoisotopic (exact) mass is 377 g/mol. The van der Waals surface area contributed by atoms with E-state index in [0.717, 1.165) is 5.56 Å². The minimum Gasteiger partial charge on any atom is -0.495 e. The van der Waals surface area contributed by atoms with Crippen LogP contribution in [0.25, 0.3) is 0 Å². The van der Waals surface area contributed by atoms with Crippen LogP contribution in [0.4, 0.5) is 0 Å². The predicted octanol–water partition coefficient (Wildman–Crippen LogP) is 4.64. The molecule has 1 N–H and O–H groups in total. The molecule has 5 nitrogen and oxygen atoms in total. The number of hydrogen-bond acceptors (Lipinski definition) is 4. The number of nitrogens with one attached hydrogen (secondary N) is 1. The summed E-state index contributed by atoms with van der Waals surface area (Å²) in [5, 5.41) is 3.36.